The molecule has 0 atom stereocenters. The molecule has 1 aliphatic rings. The maximum Gasteiger partial charge on any atom is 0.256 e. The van der Waals surface area contributed by atoms with Crippen LogP contribution in [0.15, 0.2) is 18.2 Å². The van der Waals surface area contributed by atoms with E-state index in [9.17, 15) is 17.6 Å². The van der Waals surface area contributed by atoms with Crippen LogP contribution in [0.2, 0.25) is 5.02 Å². The van der Waals surface area contributed by atoms with E-state index in [-0.39, 0.29) is 22.2 Å². The number of hydrogen-bond donors (Lipinski definition) is 0. The molecule has 1 heterocycles. The van der Waals surface area contributed by atoms with Crippen LogP contribution in [0.5, 0.6) is 0 Å². The molecular formula is C14H18ClFN2O3S. The van der Waals surface area contributed by atoms with Gasteiger partial charge in [0.15, 0.2) is 0 Å². The van der Waals surface area contributed by atoms with Crippen molar-refractivity contribution in [3.05, 3.63) is 34.6 Å². The molecule has 0 aliphatic carbocycles. The number of halogens is 2. The molecule has 5 nitrogen and oxygen atoms in total. The van der Waals surface area contributed by atoms with Gasteiger partial charge in [0.05, 0.1) is 11.3 Å². The van der Waals surface area contributed by atoms with Crippen LogP contribution in [0, 0.1) is 5.82 Å². The first-order valence-corrected chi connectivity index (χ1v) is 9.34. The van der Waals surface area contributed by atoms with Gasteiger partial charge in [-0.15, -0.1) is 0 Å². The van der Waals surface area contributed by atoms with Crippen LogP contribution in [0.25, 0.3) is 0 Å². The van der Waals surface area contributed by atoms with Crippen molar-refractivity contribution in [3.63, 3.8) is 0 Å². The number of nitrogens with zero attached hydrogens (tertiary/aromatic N) is 2. The first-order chi connectivity index (χ1) is 10.3. The van der Waals surface area contributed by atoms with Gasteiger partial charge < -0.3 is 4.90 Å². The van der Waals surface area contributed by atoms with E-state index in [1.165, 1.54) is 18.4 Å². The van der Waals surface area contributed by atoms with E-state index in [0.29, 0.717) is 32.7 Å². The van der Waals surface area contributed by atoms with Crippen molar-refractivity contribution in [1.82, 2.24) is 9.80 Å². The van der Waals surface area contributed by atoms with Gasteiger partial charge in [-0.3, -0.25) is 9.69 Å². The Balaban J connectivity index is 1.92. The Morgan fingerprint density at radius 1 is 1.27 bits per heavy atom. The van der Waals surface area contributed by atoms with Gasteiger partial charge in [0.2, 0.25) is 0 Å². The maximum absolute atomic E-state index is 13.8. The third-order valence-corrected chi connectivity index (χ3v) is 4.76. The Morgan fingerprint density at radius 2 is 1.91 bits per heavy atom. The number of benzene rings is 1. The number of piperazine rings is 1. The third-order valence-electron chi connectivity index (χ3n) is 3.60. The lowest BCUT2D eigenvalue weighted by Crippen LogP contribution is -2.49. The Labute approximate surface area is 134 Å². The van der Waals surface area contributed by atoms with E-state index in [4.69, 9.17) is 11.6 Å². The average molecular weight is 349 g/mol. The molecule has 0 bridgehead atoms. The molecule has 22 heavy (non-hydrogen) atoms. The third kappa shape index (κ3) is 4.66. The molecular weight excluding hydrogens is 331 g/mol. The van der Waals surface area contributed by atoms with Crippen LogP contribution in [-0.2, 0) is 9.84 Å². The molecule has 2 rings (SSSR count). The van der Waals surface area contributed by atoms with Crippen LogP contribution in [0.1, 0.15) is 10.4 Å². The number of carbonyl (C=O) groups is 1. The normalized spacial score (nSPS) is 16.8. The molecule has 1 aromatic carbocycles. The van der Waals surface area contributed by atoms with Crippen molar-refractivity contribution in [3.8, 4) is 0 Å². The highest BCUT2D eigenvalue weighted by Crippen LogP contribution is 2.17. The zero-order chi connectivity index (χ0) is 16.3. The quantitative estimate of drug-likeness (QED) is 0.822. The SMILES string of the molecule is CS(=O)(=O)CCN1CCN(C(=O)c2ccc(Cl)cc2F)CC1. The smallest absolute Gasteiger partial charge is 0.256 e. The van der Waals surface area contributed by atoms with Crippen molar-refractivity contribution in [1.29, 1.82) is 0 Å². The predicted octanol–water partition coefficient (Wildman–Crippen LogP) is 1.28. The summed E-state index contributed by atoms with van der Waals surface area (Å²) < 4.78 is 36.1. The lowest BCUT2D eigenvalue weighted by molar-refractivity contribution is 0.0639. The summed E-state index contributed by atoms with van der Waals surface area (Å²) in [6.07, 6.45) is 1.20. The van der Waals surface area contributed by atoms with E-state index in [0.717, 1.165) is 6.07 Å². The zero-order valence-electron chi connectivity index (χ0n) is 12.3. The van der Waals surface area contributed by atoms with Gasteiger partial charge in [-0.25, -0.2) is 12.8 Å². The first kappa shape index (κ1) is 17.2. The standard InChI is InChI=1S/C14H18ClFN2O3S/c1-22(20,21)9-8-17-4-6-18(7-5-17)14(19)12-3-2-11(15)10-13(12)16/h2-3,10H,4-9H2,1H3. The van der Waals surface area contributed by atoms with Crippen LogP contribution in [-0.4, -0.2) is 68.9 Å². The maximum atomic E-state index is 13.8. The average Bonchev–Trinajstić information content (AvgIpc) is 2.44. The highest BCUT2D eigenvalue weighted by Gasteiger charge is 2.24. The van der Waals surface area contributed by atoms with Gasteiger partial charge >= 0.3 is 0 Å². The van der Waals surface area contributed by atoms with Gasteiger partial charge in [0.1, 0.15) is 15.7 Å². The Morgan fingerprint density at radius 3 is 2.45 bits per heavy atom. The molecule has 0 spiro atoms. The molecule has 0 saturated carbocycles. The summed E-state index contributed by atoms with van der Waals surface area (Å²) in [5, 5.41) is 0.250. The minimum Gasteiger partial charge on any atom is -0.336 e. The van der Waals surface area contributed by atoms with Gasteiger partial charge in [0.25, 0.3) is 5.91 Å². The molecule has 0 radical (unpaired) electrons. The fourth-order valence-electron chi connectivity index (χ4n) is 2.30. The molecule has 0 N–H and O–H groups in total. The van der Waals surface area contributed by atoms with Crippen molar-refractivity contribution >= 4 is 27.3 Å². The van der Waals surface area contributed by atoms with E-state index in [1.54, 1.807) is 4.90 Å². The van der Waals surface area contributed by atoms with Crippen LogP contribution in [0.3, 0.4) is 0 Å². The summed E-state index contributed by atoms with van der Waals surface area (Å²) >= 11 is 5.68. The summed E-state index contributed by atoms with van der Waals surface area (Å²) in [5.74, 6) is -0.888. The molecule has 1 aromatic rings. The molecule has 8 heteroatoms. The molecule has 122 valence electrons. The van der Waals surface area contributed by atoms with E-state index in [2.05, 4.69) is 0 Å². The van der Waals surface area contributed by atoms with Gasteiger partial charge in [0, 0.05) is 44.0 Å². The monoisotopic (exact) mass is 348 g/mol. The van der Waals surface area contributed by atoms with Crippen LogP contribution in [0.4, 0.5) is 4.39 Å². The highest BCUT2D eigenvalue weighted by molar-refractivity contribution is 7.90. The summed E-state index contributed by atoms with van der Waals surface area (Å²) in [4.78, 5) is 15.8. The second-order valence-corrected chi connectivity index (χ2v) is 8.08. The lowest BCUT2D eigenvalue weighted by atomic mass is 10.1. The van der Waals surface area contributed by atoms with E-state index in [1.807, 2.05) is 4.90 Å². The summed E-state index contributed by atoms with van der Waals surface area (Å²) in [7, 11) is -2.99. The Bertz CT molecular complexity index is 658. The van der Waals surface area contributed by atoms with Crippen molar-refractivity contribution in [2.45, 2.75) is 0 Å². The number of carbonyl (C=O) groups excluding carboxylic acids is 1. The van der Waals surface area contributed by atoms with E-state index < -0.39 is 15.7 Å². The topological polar surface area (TPSA) is 57.7 Å². The second-order valence-electron chi connectivity index (χ2n) is 5.39. The minimum absolute atomic E-state index is 0.00832. The molecule has 1 aliphatic heterocycles. The summed E-state index contributed by atoms with van der Waals surface area (Å²) in [5.41, 5.74) is 0.00832. The lowest BCUT2D eigenvalue weighted by Gasteiger charge is -2.34. The number of rotatable bonds is 4. The molecule has 1 saturated heterocycles. The second kappa shape index (κ2) is 6.93. The predicted molar refractivity (Wildman–Crippen MR) is 83.5 cm³/mol. The van der Waals surface area contributed by atoms with Crippen molar-refractivity contribution < 1.29 is 17.6 Å². The fraction of sp³-hybridized carbons (Fsp3) is 0.500. The summed E-state index contributed by atoms with van der Waals surface area (Å²) in [6.45, 7) is 2.51. The van der Waals surface area contributed by atoms with Crippen molar-refractivity contribution in [2.24, 2.45) is 0 Å². The van der Waals surface area contributed by atoms with Gasteiger partial charge in [-0.1, -0.05) is 11.6 Å². The first-order valence-electron chi connectivity index (χ1n) is 6.91. The molecule has 0 aromatic heterocycles. The summed E-state index contributed by atoms with van der Waals surface area (Å²) in [6, 6.07) is 3.99. The largest absolute Gasteiger partial charge is 0.336 e. The van der Waals surface area contributed by atoms with Gasteiger partial charge in [-0.05, 0) is 18.2 Å². The fourth-order valence-corrected chi connectivity index (χ4v) is 3.05. The van der Waals surface area contributed by atoms with E-state index >= 15 is 0 Å². The molecule has 1 amide bonds. The highest BCUT2D eigenvalue weighted by atomic mass is 35.5. The number of sulfone groups is 1. The molecule has 1 fully saturated rings. The number of hydrogen-bond acceptors (Lipinski definition) is 4. The van der Waals surface area contributed by atoms with Crippen LogP contribution < -0.4 is 0 Å². The molecule has 0 unspecified atom stereocenters. The van der Waals surface area contributed by atoms with Crippen molar-refractivity contribution in [2.75, 3.05) is 44.7 Å². The Hall–Kier alpha value is -1.18. The van der Waals surface area contributed by atoms with Gasteiger partial charge in [-0.2, -0.15) is 0 Å². The number of amides is 1. The minimum atomic E-state index is -2.99. The Kier molecular flexibility index (Phi) is 5.41. The zero-order valence-corrected chi connectivity index (χ0v) is 13.8. The van der Waals surface area contributed by atoms with Crippen LogP contribution >= 0.6 is 11.6 Å².